The summed E-state index contributed by atoms with van der Waals surface area (Å²) >= 11 is 0. The Kier molecular flexibility index (Phi) is 5.85. The van der Waals surface area contributed by atoms with Crippen LogP contribution < -0.4 is 5.73 Å². The lowest BCUT2D eigenvalue weighted by Gasteiger charge is -2.32. The van der Waals surface area contributed by atoms with Gasteiger partial charge in [-0.2, -0.15) is 5.10 Å². The fourth-order valence-corrected chi connectivity index (χ4v) is 3.32. The number of carbonyl (C=O) groups excluding carboxylic acids is 2. The molecule has 1 aliphatic heterocycles. The fraction of sp³-hybridized carbons (Fsp3) is 0.421. The van der Waals surface area contributed by atoms with Crippen LogP contribution in [0.25, 0.3) is 5.69 Å². The first-order chi connectivity index (χ1) is 13.0. The van der Waals surface area contributed by atoms with Crippen molar-refractivity contribution in [3.8, 4) is 5.69 Å². The van der Waals surface area contributed by atoms with Crippen molar-refractivity contribution in [2.24, 2.45) is 5.92 Å². The van der Waals surface area contributed by atoms with Crippen molar-refractivity contribution < 1.29 is 18.7 Å². The van der Waals surface area contributed by atoms with E-state index in [9.17, 15) is 14.0 Å². The van der Waals surface area contributed by atoms with Crippen LogP contribution in [0.3, 0.4) is 0 Å². The molecular weight excluding hydrogens is 351 g/mol. The average Bonchev–Trinajstić information content (AvgIpc) is 3.07. The Labute approximate surface area is 156 Å². The Morgan fingerprint density at radius 3 is 2.78 bits per heavy atom. The maximum atomic E-state index is 13.1. The number of nitrogens with zero attached hydrogens (tertiary/aromatic N) is 3. The summed E-state index contributed by atoms with van der Waals surface area (Å²) in [6.07, 6.45) is 3.21. The normalized spacial score (nSPS) is 17.1. The zero-order chi connectivity index (χ0) is 19.4. The predicted octanol–water partition coefficient (Wildman–Crippen LogP) is 2.05. The molecule has 8 heteroatoms. The third-order valence-corrected chi connectivity index (χ3v) is 4.81. The first-order valence-corrected chi connectivity index (χ1v) is 8.91. The molecule has 0 spiro atoms. The van der Waals surface area contributed by atoms with Crippen molar-refractivity contribution in [1.82, 2.24) is 14.7 Å². The van der Waals surface area contributed by atoms with Gasteiger partial charge < -0.3 is 15.4 Å². The smallest absolute Gasteiger partial charge is 0.224 e. The molecule has 1 aromatic carbocycles. The number of anilines is 1. The van der Waals surface area contributed by atoms with Gasteiger partial charge in [0, 0.05) is 26.1 Å². The quantitative estimate of drug-likeness (QED) is 0.782. The lowest BCUT2D eigenvalue weighted by atomic mass is 9.90. The Morgan fingerprint density at radius 2 is 2.07 bits per heavy atom. The van der Waals surface area contributed by atoms with Crippen LogP contribution in [0.2, 0.25) is 0 Å². The molecule has 0 radical (unpaired) electrons. The predicted molar refractivity (Wildman–Crippen MR) is 98.1 cm³/mol. The van der Waals surface area contributed by atoms with E-state index in [1.165, 1.54) is 23.0 Å². The number of likely N-dealkylation sites (tertiary alicyclic amines) is 1. The van der Waals surface area contributed by atoms with E-state index in [2.05, 4.69) is 5.10 Å². The highest BCUT2D eigenvalue weighted by atomic mass is 19.1. The van der Waals surface area contributed by atoms with E-state index in [1.807, 2.05) is 0 Å². The third kappa shape index (κ3) is 4.16. The maximum Gasteiger partial charge on any atom is 0.224 e. The van der Waals surface area contributed by atoms with Crippen molar-refractivity contribution in [2.45, 2.75) is 19.3 Å². The van der Waals surface area contributed by atoms with Crippen LogP contribution in [0.15, 0.2) is 30.5 Å². The maximum absolute atomic E-state index is 13.1. The molecule has 0 aliphatic carbocycles. The van der Waals surface area contributed by atoms with Gasteiger partial charge in [-0.25, -0.2) is 9.07 Å². The van der Waals surface area contributed by atoms with Crippen LogP contribution in [0.4, 0.5) is 10.2 Å². The van der Waals surface area contributed by atoms with Crippen molar-refractivity contribution in [2.75, 3.05) is 32.5 Å². The number of carbonyl (C=O) groups is 2. The summed E-state index contributed by atoms with van der Waals surface area (Å²) in [6, 6.07) is 5.71. The zero-order valence-corrected chi connectivity index (χ0v) is 15.2. The molecule has 1 fully saturated rings. The van der Waals surface area contributed by atoms with Crippen molar-refractivity contribution in [3.05, 3.63) is 41.8 Å². The SMILES string of the molecule is COCCC(=O)N1CCC[C@H](C(=O)c2cnn(-c3ccc(F)cc3)c2N)C1. The van der Waals surface area contributed by atoms with E-state index in [0.29, 0.717) is 43.8 Å². The molecule has 1 amide bonds. The van der Waals surface area contributed by atoms with E-state index < -0.39 is 0 Å². The highest BCUT2D eigenvalue weighted by Crippen LogP contribution is 2.25. The number of nitrogens with two attached hydrogens (primary N) is 1. The number of rotatable bonds is 6. The van der Waals surface area contributed by atoms with Crippen LogP contribution in [-0.4, -0.2) is 53.2 Å². The van der Waals surface area contributed by atoms with Gasteiger partial charge in [-0.15, -0.1) is 0 Å². The van der Waals surface area contributed by atoms with Gasteiger partial charge in [0.1, 0.15) is 11.6 Å². The highest BCUT2D eigenvalue weighted by Gasteiger charge is 2.31. The number of methoxy groups -OCH3 is 1. The van der Waals surface area contributed by atoms with Gasteiger partial charge in [0.05, 0.1) is 30.5 Å². The van der Waals surface area contributed by atoms with E-state index >= 15 is 0 Å². The highest BCUT2D eigenvalue weighted by molar-refractivity contribution is 6.02. The number of piperidine rings is 1. The average molecular weight is 374 g/mol. The number of hydrogen-bond donors (Lipinski definition) is 1. The van der Waals surface area contributed by atoms with Crippen LogP contribution in [0.5, 0.6) is 0 Å². The van der Waals surface area contributed by atoms with Crippen LogP contribution in [-0.2, 0) is 9.53 Å². The number of Topliss-reactive ketones (excluding diaryl/α,β-unsaturated/α-hetero) is 1. The standard InChI is InChI=1S/C19H23FN4O3/c1-27-10-8-17(25)23-9-2-3-13(12-23)18(26)16-11-22-24(19(16)21)15-6-4-14(20)5-7-15/h4-7,11,13H,2-3,8-10,12,21H2,1H3/t13-/m0/s1. The second-order valence-electron chi connectivity index (χ2n) is 6.62. The van der Waals surface area contributed by atoms with E-state index in [4.69, 9.17) is 10.5 Å². The summed E-state index contributed by atoms with van der Waals surface area (Å²) < 4.78 is 19.5. The number of amides is 1. The van der Waals surface area contributed by atoms with Crippen molar-refractivity contribution in [1.29, 1.82) is 0 Å². The second kappa shape index (κ2) is 8.30. The zero-order valence-electron chi connectivity index (χ0n) is 15.2. The second-order valence-corrected chi connectivity index (χ2v) is 6.62. The van der Waals surface area contributed by atoms with Gasteiger partial charge in [-0.1, -0.05) is 0 Å². The largest absolute Gasteiger partial charge is 0.384 e. The molecule has 0 unspecified atom stereocenters. The molecule has 1 aliphatic rings. The molecule has 1 aromatic heterocycles. The lowest BCUT2D eigenvalue weighted by molar-refractivity contribution is -0.133. The fourth-order valence-electron chi connectivity index (χ4n) is 3.32. The minimum absolute atomic E-state index is 0.00988. The number of benzene rings is 1. The number of halogens is 1. The molecule has 2 heterocycles. The number of ether oxygens (including phenoxy) is 1. The topological polar surface area (TPSA) is 90.5 Å². The number of aromatic nitrogens is 2. The monoisotopic (exact) mass is 374 g/mol. The van der Waals surface area contributed by atoms with E-state index in [0.717, 1.165) is 6.42 Å². The molecule has 0 saturated carbocycles. The number of nitrogen functional groups attached to an aromatic ring is 1. The summed E-state index contributed by atoms with van der Waals surface area (Å²) in [7, 11) is 1.55. The number of ketones is 1. The van der Waals surface area contributed by atoms with Gasteiger partial charge in [0.15, 0.2) is 5.78 Å². The summed E-state index contributed by atoms with van der Waals surface area (Å²) in [5.74, 6) is -0.580. The molecule has 2 aromatic rings. The molecule has 27 heavy (non-hydrogen) atoms. The summed E-state index contributed by atoms with van der Waals surface area (Å²) in [5.41, 5.74) is 7.04. The van der Waals surface area contributed by atoms with Crippen LogP contribution in [0, 0.1) is 11.7 Å². The van der Waals surface area contributed by atoms with Gasteiger partial charge >= 0.3 is 0 Å². The third-order valence-electron chi connectivity index (χ3n) is 4.81. The molecule has 144 valence electrons. The van der Waals surface area contributed by atoms with Crippen molar-refractivity contribution >= 4 is 17.5 Å². The molecule has 2 N–H and O–H groups in total. The summed E-state index contributed by atoms with van der Waals surface area (Å²) in [4.78, 5) is 26.9. The number of hydrogen-bond acceptors (Lipinski definition) is 5. The van der Waals surface area contributed by atoms with Crippen LogP contribution in [0.1, 0.15) is 29.6 Å². The Morgan fingerprint density at radius 1 is 1.33 bits per heavy atom. The van der Waals surface area contributed by atoms with Gasteiger partial charge in [0.2, 0.25) is 5.91 Å². The Bertz CT molecular complexity index is 819. The van der Waals surface area contributed by atoms with Gasteiger partial charge in [0.25, 0.3) is 0 Å². The Hall–Kier alpha value is -2.74. The molecule has 1 saturated heterocycles. The first-order valence-electron chi connectivity index (χ1n) is 8.91. The molecule has 1 atom stereocenters. The van der Waals surface area contributed by atoms with Gasteiger partial charge in [-0.3, -0.25) is 9.59 Å². The first kappa shape index (κ1) is 19.0. The lowest BCUT2D eigenvalue weighted by Crippen LogP contribution is -2.42. The van der Waals surface area contributed by atoms with Crippen molar-refractivity contribution in [3.63, 3.8) is 0 Å². The summed E-state index contributed by atoms with van der Waals surface area (Å²) in [5, 5.41) is 4.18. The minimum atomic E-state index is -0.360. The minimum Gasteiger partial charge on any atom is -0.384 e. The molecular formula is C19H23FN4O3. The molecule has 7 nitrogen and oxygen atoms in total. The summed E-state index contributed by atoms with van der Waals surface area (Å²) in [6.45, 7) is 1.39. The van der Waals surface area contributed by atoms with E-state index in [1.54, 1.807) is 24.1 Å². The molecule has 3 rings (SSSR count). The molecule has 0 bridgehead atoms. The van der Waals surface area contributed by atoms with E-state index in [-0.39, 0.29) is 29.2 Å². The van der Waals surface area contributed by atoms with Gasteiger partial charge in [-0.05, 0) is 37.1 Å². The van der Waals surface area contributed by atoms with Crippen LogP contribution >= 0.6 is 0 Å². The Balaban J connectivity index is 1.74.